The fraction of sp³-hybridized carbons (Fsp3) is 0.0769. The monoisotopic (exact) mass is 236 g/mol. The van der Waals surface area contributed by atoms with E-state index in [1.165, 1.54) is 23.9 Å². The van der Waals surface area contributed by atoms with Crippen molar-refractivity contribution in [2.24, 2.45) is 0 Å². The molecular weight excluding hydrogens is 226 g/mol. The second-order valence-corrected chi connectivity index (χ2v) is 4.37. The average Bonchev–Trinajstić information content (AvgIpc) is 2.29. The average molecular weight is 236 g/mol. The Bertz CT molecular complexity index is 469. The van der Waals surface area contributed by atoms with Crippen molar-refractivity contribution >= 4 is 11.8 Å². The minimum atomic E-state index is -0.540. The molecule has 0 aliphatic carbocycles. The SMILES string of the molecule is Fc1ccc(SCc2ccccc2)c(F)c1. The van der Waals surface area contributed by atoms with Crippen LogP contribution in [0.5, 0.6) is 0 Å². The molecule has 16 heavy (non-hydrogen) atoms. The van der Waals surface area contributed by atoms with E-state index in [2.05, 4.69) is 0 Å². The van der Waals surface area contributed by atoms with Crippen molar-refractivity contribution in [3.63, 3.8) is 0 Å². The highest BCUT2D eigenvalue weighted by molar-refractivity contribution is 7.98. The molecule has 2 rings (SSSR count). The number of thioether (sulfide) groups is 1. The van der Waals surface area contributed by atoms with Crippen molar-refractivity contribution in [3.8, 4) is 0 Å². The standard InChI is InChI=1S/C13H10F2S/c14-11-6-7-13(12(15)8-11)16-9-10-4-2-1-3-5-10/h1-8H,9H2. The highest BCUT2D eigenvalue weighted by atomic mass is 32.2. The third-order valence-electron chi connectivity index (χ3n) is 2.13. The Morgan fingerprint density at radius 3 is 2.38 bits per heavy atom. The van der Waals surface area contributed by atoms with Gasteiger partial charge in [0.25, 0.3) is 0 Å². The summed E-state index contributed by atoms with van der Waals surface area (Å²) in [5, 5.41) is 0. The highest BCUT2D eigenvalue weighted by Crippen LogP contribution is 2.25. The van der Waals surface area contributed by atoms with Gasteiger partial charge in [0.2, 0.25) is 0 Å². The van der Waals surface area contributed by atoms with Gasteiger partial charge in [-0.2, -0.15) is 0 Å². The van der Waals surface area contributed by atoms with E-state index in [9.17, 15) is 8.78 Å². The van der Waals surface area contributed by atoms with Crippen molar-refractivity contribution in [1.82, 2.24) is 0 Å². The van der Waals surface area contributed by atoms with E-state index in [0.29, 0.717) is 10.6 Å². The quantitative estimate of drug-likeness (QED) is 0.718. The van der Waals surface area contributed by atoms with Crippen LogP contribution in [0.1, 0.15) is 5.56 Å². The lowest BCUT2D eigenvalue weighted by Crippen LogP contribution is -1.85. The molecule has 2 aromatic rings. The Morgan fingerprint density at radius 2 is 1.69 bits per heavy atom. The van der Waals surface area contributed by atoms with Gasteiger partial charge in [0.1, 0.15) is 11.6 Å². The molecule has 3 heteroatoms. The maximum Gasteiger partial charge on any atom is 0.139 e. The molecule has 0 aromatic heterocycles. The molecule has 2 aromatic carbocycles. The molecule has 0 bridgehead atoms. The first-order chi connectivity index (χ1) is 7.75. The van der Waals surface area contributed by atoms with Crippen LogP contribution in [0.25, 0.3) is 0 Å². The number of benzene rings is 2. The molecule has 0 unspecified atom stereocenters. The Balaban J connectivity index is 2.05. The molecule has 0 aliphatic heterocycles. The van der Waals surface area contributed by atoms with Crippen LogP contribution in [0, 0.1) is 11.6 Å². The Hall–Kier alpha value is -1.35. The fourth-order valence-electron chi connectivity index (χ4n) is 1.33. The summed E-state index contributed by atoms with van der Waals surface area (Å²) in [6.07, 6.45) is 0. The van der Waals surface area contributed by atoms with Gasteiger partial charge >= 0.3 is 0 Å². The van der Waals surface area contributed by atoms with Crippen LogP contribution in [-0.2, 0) is 5.75 Å². The van der Waals surface area contributed by atoms with E-state index >= 15 is 0 Å². The topological polar surface area (TPSA) is 0 Å². The van der Waals surface area contributed by atoms with Crippen molar-refractivity contribution < 1.29 is 8.78 Å². The van der Waals surface area contributed by atoms with Gasteiger partial charge in [-0.1, -0.05) is 30.3 Å². The zero-order valence-corrected chi connectivity index (χ0v) is 9.31. The van der Waals surface area contributed by atoms with E-state index in [1.54, 1.807) is 0 Å². The molecule has 0 aliphatic rings. The van der Waals surface area contributed by atoms with Crippen molar-refractivity contribution in [2.75, 3.05) is 0 Å². The second-order valence-electron chi connectivity index (χ2n) is 3.35. The molecular formula is C13H10F2S. The molecule has 0 saturated heterocycles. The summed E-state index contributed by atoms with van der Waals surface area (Å²) < 4.78 is 26.0. The lowest BCUT2D eigenvalue weighted by atomic mass is 10.2. The lowest BCUT2D eigenvalue weighted by molar-refractivity contribution is 0.565. The minimum absolute atomic E-state index is 0.477. The summed E-state index contributed by atoms with van der Waals surface area (Å²) >= 11 is 1.37. The molecule has 0 spiro atoms. The summed E-state index contributed by atoms with van der Waals surface area (Å²) in [4.78, 5) is 0.477. The fourth-order valence-corrected chi connectivity index (χ4v) is 2.20. The summed E-state index contributed by atoms with van der Waals surface area (Å²) in [6.45, 7) is 0. The number of halogens is 2. The number of rotatable bonds is 3. The zero-order valence-electron chi connectivity index (χ0n) is 8.49. The zero-order chi connectivity index (χ0) is 11.4. The molecule has 0 saturated carbocycles. The summed E-state index contributed by atoms with van der Waals surface area (Å²) in [5.41, 5.74) is 1.12. The van der Waals surface area contributed by atoms with Crippen molar-refractivity contribution in [3.05, 3.63) is 65.7 Å². The van der Waals surface area contributed by atoms with Gasteiger partial charge < -0.3 is 0 Å². The smallest absolute Gasteiger partial charge is 0.139 e. The van der Waals surface area contributed by atoms with Gasteiger partial charge in [0, 0.05) is 16.7 Å². The van der Waals surface area contributed by atoms with Gasteiger partial charge in [-0.3, -0.25) is 0 Å². The van der Waals surface area contributed by atoms with Crippen LogP contribution in [0.4, 0.5) is 8.78 Å². The Kier molecular flexibility index (Phi) is 3.57. The van der Waals surface area contributed by atoms with Crippen molar-refractivity contribution in [2.45, 2.75) is 10.6 Å². The molecule has 0 amide bonds. The van der Waals surface area contributed by atoms with Gasteiger partial charge in [-0.25, -0.2) is 8.78 Å². The van der Waals surface area contributed by atoms with Crippen LogP contribution in [0.15, 0.2) is 53.4 Å². The third kappa shape index (κ3) is 2.83. The molecule has 0 fully saturated rings. The maximum atomic E-state index is 13.3. The largest absolute Gasteiger partial charge is 0.207 e. The molecule has 0 radical (unpaired) electrons. The molecule has 0 atom stereocenters. The number of hydrogen-bond acceptors (Lipinski definition) is 1. The van der Waals surface area contributed by atoms with Crippen LogP contribution >= 0.6 is 11.8 Å². The van der Waals surface area contributed by atoms with Crippen LogP contribution < -0.4 is 0 Å². The van der Waals surface area contributed by atoms with E-state index in [-0.39, 0.29) is 0 Å². The van der Waals surface area contributed by atoms with Gasteiger partial charge in [0.05, 0.1) is 0 Å². The van der Waals surface area contributed by atoms with Crippen LogP contribution in [-0.4, -0.2) is 0 Å². The van der Waals surface area contributed by atoms with Crippen LogP contribution in [0.3, 0.4) is 0 Å². The first kappa shape index (κ1) is 11.1. The maximum absolute atomic E-state index is 13.3. The third-order valence-corrected chi connectivity index (χ3v) is 3.25. The van der Waals surface area contributed by atoms with E-state index in [0.717, 1.165) is 11.6 Å². The Morgan fingerprint density at radius 1 is 0.938 bits per heavy atom. The molecule has 0 N–H and O–H groups in total. The summed E-state index contributed by atoms with van der Waals surface area (Å²) in [7, 11) is 0. The normalized spacial score (nSPS) is 10.4. The van der Waals surface area contributed by atoms with Gasteiger partial charge in [-0.05, 0) is 17.7 Å². The summed E-state index contributed by atoms with van der Waals surface area (Å²) in [6, 6.07) is 13.4. The predicted molar refractivity (Wildman–Crippen MR) is 62.4 cm³/mol. The molecule has 0 heterocycles. The van der Waals surface area contributed by atoms with E-state index in [1.807, 2.05) is 30.3 Å². The summed E-state index contributed by atoms with van der Waals surface area (Å²) in [5.74, 6) is -0.355. The van der Waals surface area contributed by atoms with E-state index in [4.69, 9.17) is 0 Å². The van der Waals surface area contributed by atoms with E-state index < -0.39 is 11.6 Å². The molecule has 82 valence electrons. The van der Waals surface area contributed by atoms with Crippen molar-refractivity contribution in [1.29, 1.82) is 0 Å². The second kappa shape index (κ2) is 5.12. The predicted octanol–water partition coefficient (Wildman–Crippen LogP) is 4.26. The first-order valence-electron chi connectivity index (χ1n) is 4.87. The number of hydrogen-bond donors (Lipinski definition) is 0. The minimum Gasteiger partial charge on any atom is -0.207 e. The first-order valence-corrected chi connectivity index (χ1v) is 5.86. The Labute approximate surface area is 97.3 Å². The molecule has 0 nitrogen and oxygen atoms in total. The lowest BCUT2D eigenvalue weighted by Gasteiger charge is -2.03. The highest BCUT2D eigenvalue weighted by Gasteiger charge is 2.04. The van der Waals surface area contributed by atoms with Gasteiger partial charge in [0.15, 0.2) is 0 Å². The van der Waals surface area contributed by atoms with Crippen LogP contribution in [0.2, 0.25) is 0 Å². The van der Waals surface area contributed by atoms with Gasteiger partial charge in [-0.15, -0.1) is 11.8 Å².